The topological polar surface area (TPSA) is 46.2 Å². The largest absolute Gasteiger partial charge is 0.391 e. The smallest absolute Gasteiger partial charge is 0.0843 e. The van der Waals surface area contributed by atoms with E-state index < -0.39 is 0 Å². The van der Waals surface area contributed by atoms with E-state index in [0.717, 1.165) is 26.0 Å². The van der Waals surface area contributed by atoms with Gasteiger partial charge in [-0.05, 0) is 56.7 Å². The Kier molecular flexibility index (Phi) is 3.34. The van der Waals surface area contributed by atoms with E-state index in [2.05, 4.69) is 31.9 Å². The van der Waals surface area contributed by atoms with E-state index in [-0.39, 0.29) is 12.1 Å². The normalized spacial score (nSPS) is 20.9. The van der Waals surface area contributed by atoms with Crippen molar-refractivity contribution in [2.24, 2.45) is 11.7 Å². The third-order valence-corrected chi connectivity index (χ3v) is 5.82. The summed E-state index contributed by atoms with van der Waals surface area (Å²) in [6.07, 6.45) is 1.85. The van der Waals surface area contributed by atoms with Crippen molar-refractivity contribution in [1.29, 1.82) is 0 Å². The van der Waals surface area contributed by atoms with Crippen molar-refractivity contribution in [3.63, 3.8) is 0 Å². The van der Waals surface area contributed by atoms with E-state index in [0.29, 0.717) is 5.92 Å². The third kappa shape index (κ3) is 2.22. The summed E-state index contributed by atoms with van der Waals surface area (Å²) in [6, 6.07) is 1.74. The molecule has 1 aromatic rings. The summed E-state index contributed by atoms with van der Waals surface area (Å²) in [6.45, 7) is 0. The SMILES string of the molecule is N[C@@H](c1cc(Br)c(Br)s1)[C@H](O)C1CC1. The van der Waals surface area contributed by atoms with Crippen LogP contribution in [-0.2, 0) is 0 Å². The van der Waals surface area contributed by atoms with Crippen LogP contribution in [-0.4, -0.2) is 11.2 Å². The van der Waals surface area contributed by atoms with Crippen LogP contribution < -0.4 is 5.73 Å². The predicted molar refractivity (Wildman–Crippen MR) is 65.4 cm³/mol. The molecule has 5 heteroatoms. The Morgan fingerprint density at radius 2 is 2.14 bits per heavy atom. The molecule has 3 N–H and O–H groups in total. The van der Waals surface area contributed by atoms with Gasteiger partial charge in [0, 0.05) is 9.35 Å². The van der Waals surface area contributed by atoms with Crippen molar-refractivity contribution in [2.45, 2.75) is 25.0 Å². The van der Waals surface area contributed by atoms with Gasteiger partial charge in [-0.25, -0.2) is 0 Å². The van der Waals surface area contributed by atoms with Crippen LogP contribution in [0.3, 0.4) is 0 Å². The second kappa shape index (κ2) is 4.22. The lowest BCUT2D eigenvalue weighted by atomic mass is 10.1. The minimum absolute atomic E-state index is 0.241. The summed E-state index contributed by atoms with van der Waals surface area (Å²) < 4.78 is 2.04. The highest BCUT2D eigenvalue weighted by molar-refractivity contribution is 9.13. The Labute approximate surface area is 104 Å². The quantitative estimate of drug-likeness (QED) is 0.888. The lowest BCUT2D eigenvalue weighted by Crippen LogP contribution is -2.26. The van der Waals surface area contributed by atoms with Crippen molar-refractivity contribution in [3.05, 3.63) is 19.2 Å². The van der Waals surface area contributed by atoms with Crippen LogP contribution in [0.4, 0.5) is 0 Å². The molecule has 1 aromatic heterocycles. The molecule has 0 bridgehead atoms. The van der Waals surface area contributed by atoms with E-state index >= 15 is 0 Å². The minimum atomic E-state index is -0.382. The number of halogens is 2. The molecule has 14 heavy (non-hydrogen) atoms. The zero-order valence-electron chi connectivity index (χ0n) is 7.41. The first-order valence-electron chi connectivity index (χ1n) is 4.48. The number of hydrogen-bond donors (Lipinski definition) is 2. The Morgan fingerprint density at radius 1 is 1.50 bits per heavy atom. The van der Waals surface area contributed by atoms with Crippen LogP contribution in [0.2, 0.25) is 0 Å². The van der Waals surface area contributed by atoms with E-state index in [1.807, 2.05) is 6.07 Å². The summed E-state index contributed by atoms with van der Waals surface area (Å²) in [7, 11) is 0. The highest BCUT2D eigenvalue weighted by Gasteiger charge is 2.34. The average molecular weight is 341 g/mol. The van der Waals surface area contributed by atoms with Crippen molar-refractivity contribution in [3.8, 4) is 0 Å². The number of hydrogen-bond acceptors (Lipinski definition) is 3. The summed E-state index contributed by atoms with van der Waals surface area (Å²) in [5, 5.41) is 9.86. The molecule has 0 spiro atoms. The van der Waals surface area contributed by atoms with Gasteiger partial charge in [-0.15, -0.1) is 11.3 Å². The molecule has 78 valence electrons. The third-order valence-electron chi connectivity index (χ3n) is 2.47. The maximum Gasteiger partial charge on any atom is 0.0843 e. The van der Waals surface area contributed by atoms with Crippen molar-refractivity contribution >= 4 is 43.2 Å². The van der Waals surface area contributed by atoms with Crippen molar-refractivity contribution in [2.75, 3.05) is 0 Å². The zero-order valence-corrected chi connectivity index (χ0v) is 11.4. The second-order valence-corrected chi connectivity index (χ2v) is 6.88. The first-order valence-corrected chi connectivity index (χ1v) is 6.88. The molecule has 1 fully saturated rings. The molecular weight excluding hydrogens is 330 g/mol. The number of rotatable bonds is 3. The fraction of sp³-hybridized carbons (Fsp3) is 0.556. The van der Waals surface area contributed by atoms with Crippen LogP contribution in [0.5, 0.6) is 0 Å². The highest BCUT2D eigenvalue weighted by atomic mass is 79.9. The lowest BCUT2D eigenvalue weighted by molar-refractivity contribution is 0.123. The van der Waals surface area contributed by atoms with Gasteiger partial charge < -0.3 is 10.8 Å². The first kappa shape index (κ1) is 11.1. The average Bonchev–Trinajstić information content (AvgIpc) is 2.93. The summed E-state index contributed by atoms with van der Waals surface area (Å²) >= 11 is 8.41. The first-order chi connectivity index (χ1) is 6.59. The van der Waals surface area contributed by atoms with Gasteiger partial charge in [0.1, 0.15) is 0 Å². The van der Waals surface area contributed by atoms with Crippen molar-refractivity contribution < 1.29 is 5.11 Å². The molecule has 2 atom stereocenters. The maximum absolute atomic E-state index is 9.86. The molecule has 2 nitrogen and oxygen atoms in total. The van der Waals surface area contributed by atoms with Crippen LogP contribution in [0.1, 0.15) is 23.8 Å². The molecule has 0 aliphatic heterocycles. The van der Waals surface area contributed by atoms with E-state index in [1.54, 1.807) is 11.3 Å². The molecule has 0 saturated heterocycles. The van der Waals surface area contributed by atoms with E-state index in [4.69, 9.17) is 5.73 Å². The molecule has 1 aliphatic rings. The van der Waals surface area contributed by atoms with Crippen LogP contribution in [0.15, 0.2) is 14.3 Å². The Bertz CT molecular complexity index is 318. The molecule has 1 heterocycles. The standard InChI is InChI=1S/C9H11Br2NOS/c10-5-3-6(14-9(5)11)7(12)8(13)4-1-2-4/h3-4,7-8,13H,1-2,12H2/t7-,8+/m0/s1. The molecule has 0 unspecified atom stereocenters. The second-order valence-electron chi connectivity index (χ2n) is 3.62. The van der Waals surface area contributed by atoms with Crippen LogP contribution >= 0.6 is 43.2 Å². The maximum atomic E-state index is 9.86. The lowest BCUT2D eigenvalue weighted by Gasteiger charge is -2.16. The Balaban J connectivity index is 2.13. The minimum Gasteiger partial charge on any atom is -0.391 e. The summed E-state index contributed by atoms with van der Waals surface area (Å²) in [5.74, 6) is 0.421. The van der Waals surface area contributed by atoms with Gasteiger partial charge in [0.05, 0.1) is 15.9 Å². The van der Waals surface area contributed by atoms with Gasteiger partial charge in [0.15, 0.2) is 0 Å². The molecule has 1 saturated carbocycles. The molecular formula is C9H11Br2NOS. The van der Waals surface area contributed by atoms with Crippen LogP contribution in [0, 0.1) is 5.92 Å². The zero-order chi connectivity index (χ0) is 10.3. The number of aliphatic hydroxyl groups is 1. The number of thiophene rings is 1. The van der Waals surface area contributed by atoms with Crippen molar-refractivity contribution in [1.82, 2.24) is 0 Å². The van der Waals surface area contributed by atoms with Gasteiger partial charge >= 0.3 is 0 Å². The van der Waals surface area contributed by atoms with E-state index in [1.165, 1.54) is 0 Å². The molecule has 2 rings (SSSR count). The van der Waals surface area contributed by atoms with Gasteiger partial charge in [-0.3, -0.25) is 0 Å². The number of nitrogens with two attached hydrogens (primary N) is 1. The number of aliphatic hydroxyl groups excluding tert-OH is 1. The van der Waals surface area contributed by atoms with Gasteiger partial charge in [-0.2, -0.15) is 0 Å². The summed E-state index contributed by atoms with van der Waals surface area (Å²) in [5.41, 5.74) is 5.98. The fourth-order valence-electron chi connectivity index (χ4n) is 1.43. The Hall–Kier alpha value is 0.580. The Morgan fingerprint density at radius 3 is 2.57 bits per heavy atom. The highest BCUT2D eigenvalue weighted by Crippen LogP contribution is 2.41. The summed E-state index contributed by atoms with van der Waals surface area (Å²) in [4.78, 5) is 1.03. The monoisotopic (exact) mass is 339 g/mol. The van der Waals surface area contributed by atoms with Gasteiger partial charge in [0.2, 0.25) is 0 Å². The van der Waals surface area contributed by atoms with Gasteiger partial charge in [-0.1, -0.05) is 0 Å². The molecule has 0 aromatic carbocycles. The van der Waals surface area contributed by atoms with Crippen LogP contribution in [0.25, 0.3) is 0 Å². The molecule has 1 aliphatic carbocycles. The molecule has 0 radical (unpaired) electrons. The fourth-order valence-corrected chi connectivity index (χ4v) is 3.56. The van der Waals surface area contributed by atoms with E-state index in [9.17, 15) is 5.11 Å². The van der Waals surface area contributed by atoms with Gasteiger partial charge in [0.25, 0.3) is 0 Å². The predicted octanol–water partition coefficient (Wildman–Crippen LogP) is 3.04. The molecule has 0 amide bonds.